The third kappa shape index (κ3) is 4.56. The molecule has 5 nitrogen and oxygen atoms in total. The molecule has 0 N–H and O–H groups in total. The highest BCUT2D eigenvalue weighted by Crippen LogP contribution is 2.34. The van der Waals surface area contributed by atoms with Gasteiger partial charge in [0.25, 0.3) is 0 Å². The minimum atomic E-state index is 0.0853. The maximum absolute atomic E-state index is 13.0. The number of carbonyl (C=O) groups excluding carboxylic acids is 1. The Bertz CT molecular complexity index is 1300. The van der Waals surface area contributed by atoms with E-state index in [2.05, 4.69) is 54.8 Å². The molecule has 0 spiro atoms. The number of hydrogen-bond donors (Lipinski definition) is 0. The summed E-state index contributed by atoms with van der Waals surface area (Å²) in [4.78, 5) is 19.9. The number of hydrogen-bond acceptors (Lipinski definition) is 3. The standard InChI is InChI=1S/C29H31N3O2/c1-21-14-15-24(18-22(21)2)32-20-23(19-28(32)33)29-30-26-12-6-7-13-27(26)31(29)16-8-9-17-34-25-10-4-3-5-11-25/h3-7,10-15,18,23H,8-9,16-17,19-20H2,1-2H3. The first kappa shape index (κ1) is 22.2. The SMILES string of the molecule is Cc1ccc(N2CC(c3nc4ccccc4n3CCCCOc3ccccc3)CC2=O)cc1C. The van der Waals surface area contributed by atoms with Crippen molar-refractivity contribution in [3.8, 4) is 5.75 Å². The van der Waals surface area contributed by atoms with E-state index in [0.717, 1.165) is 47.7 Å². The molecule has 1 fully saturated rings. The van der Waals surface area contributed by atoms with E-state index in [4.69, 9.17) is 9.72 Å². The number of unbranched alkanes of at least 4 members (excludes halogenated alkanes) is 1. The van der Waals surface area contributed by atoms with Crippen molar-refractivity contribution in [2.24, 2.45) is 0 Å². The fraction of sp³-hybridized carbons (Fsp3) is 0.310. The van der Waals surface area contributed by atoms with Crippen molar-refractivity contribution < 1.29 is 9.53 Å². The van der Waals surface area contributed by atoms with Gasteiger partial charge in [0.05, 0.1) is 17.6 Å². The van der Waals surface area contributed by atoms with Gasteiger partial charge in [-0.15, -0.1) is 0 Å². The molecule has 0 bridgehead atoms. The monoisotopic (exact) mass is 453 g/mol. The first-order chi connectivity index (χ1) is 16.6. The summed E-state index contributed by atoms with van der Waals surface area (Å²) in [7, 11) is 0. The van der Waals surface area contributed by atoms with Gasteiger partial charge in [0.15, 0.2) is 0 Å². The second-order valence-corrected chi connectivity index (χ2v) is 9.15. The van der Waals surface area contributed by atoms with Gasteiger partial charge in [0.2, 0.25) is 5.91 Å². The Morgan fingerprint density at radius 1 is 0.941 bits per heavy atom. The van der Waals surface area contributed by atoms with E-state index >= 15 is 0 Å². The molecule has 1 aromatic heterocycles. The average molecular weight is 454 g/mol. The molecule has 1 aliphatic heterocycles. The Kier molecular flexibility index (Phi) is 6.35. The molecule has 2 heterocycles. The van der Waals surface area contributed by atoms with E-state index in [1.807, 2.05) is 41.3 Å². The quantitative estimate of drug-likeness (QED) is 0.306. The predicted molar refractivity (Wildman–Crippen MR) is 137 cm³/mol. The molecule has 1 amide bonds. The van der Waals surface area contributed by atoms with Gasteiger partial charge in [-0.3, -0.25) is 4.79 Å². The minimum absolute atomic E-state index is 0.0853. The van der Waals surface area contributed by atoms with Crippen LogP contribution in [0.25, 0.3) is 11.0 Å². The van der Waals surface area contributed by atoms with Gasteiger partial charge >= 0.3 is 0 Å². The highest BCUT2D eigenvalue weighted by molar-refractivity contribution is 5.96. The molecule has 0 radical (unpaired) electrons. The number of aryl methyl sites for hydroxylation is 3. The molecule has 34 heavy (non-hydrogen) atoms. The number of fused-ring (bicyclic) bond motifs is 1. The fourth-order valence-electron chi connectivity index (χ4n) is 4.74. The predicted octanol–water partition coefficient (Wildman–Crippen LogP) is 6.03. The average Bonchev–Trinajstić information content (AvgIpc) is 3.42. The van der Waals surface area contributed by atoms with Gasteiger partial charge in [-0.2, -0.15) is 0 Å². The van der Waals surface area contributed by atoms with Crippen LogP contribution in [0.4, 0.5) is 5.69 Å². The maximum Gasteiger partial charge on any atom is 0.227 e. The van der Waals surface area contributed by atoms with Gasteiger partial charge in [0.1, 0.15) is 11.6 Å². The van der Waals surface area contributed by atoms with Crippen molar-refractivity contribution in [2.45, 2.75) is 45.6 Å². The summed E-state index contributed by atoms with van der Waals surface area (Å²) in [5, 5.41) is 0. The first-order valence-corrected chi connectivity index (χ1v) is 12.1. The molecule has 1 atom stereocenters. The van der Waals surface area contributed by atoms with E-state index in [1.54, 1.807) is 0 Å². The summed E-state index contributed by atoms with van der Waals surface area (Å²) in [5.74, 6) is 2.18. The van der Waals surface area contributed by atoms with Crippen LogP contribution in [0.15, 0.2) is 72.8 Å². The van der Waals surface area contributed by atoms with Crippen LogP contribution in [0.3, 0.4) is 0 Å². The number of ether oxygens (including phenoxy) is 1. The molecular weight excluding hydrogens is 422 g/mol. The molecule has 5 rings (SSSR count). The van der Waals surface area contributed by atoms with Crippen molar-refractivity contribution in [3.05, 3.63) is 89.7 Å². The van der Waals surface area contributed by atoms with Gasteiger partial charge < -0.3 is 14.2 Å². The van der Waals surface area contributed by atoms with Crippen LogP contribution < -0.4 is 9.64 Å². The van der Waals surface area contributed by atoms with Crippen molar-refractivity contribution in [1.29, 1.82) is 0 Å². The lowest BCUT2D eigenvalue weighted by Crippen LogP contribution is -2.24. The Morgan fingerprint density at radius 3 is 2.56 bits per heavy atom. The summed E-state index contributed by atoms with van der Waals surface area (Å²) in [6, 6.07) is 24.5. The number of amides is 1. The summed E-state index contributed by atoms with van der Waals surface area (Å²) in [5.41, 5.74) is 5.56. The number of para-hydroxylation sites is 3. The normalized spacial score (nSPS) is 15.9. The number of rotatable bonds is 8. The number of carbonyl (C=O) groups is 1. The highest BCUT2D eigenvalue weighted by atomic mass is 16.5. The lowest BCUT2D eigenvalue weighted by atomic mass is 10.1. The number of nitrogens with zero attached hydrogens (tertiary/aromatic N) is 3. The summed E-state index contributed by atoms with van der Waals surface area (Å²) in [6.07, 6.45) is 2.44. The second kappa shape index (κ2) is 9.72. The second-order valence-electron chi connectivity index (χ2n) is 9.15. The van der Waals surface area contributed by atoms with Crippen molar-refractivity contribution in [2.75, 3.05) is 18.1 Å². The van der Waals surface area contributed by atoms with Gasteiger partial charge in [-0.05, 0) is 74.2 Å². The molecule has 1 unspecified atom stereocenters. The molecule has 5 heteroatoms. The topological polar surface area (TPSA) is 47.4 Å². The van der Waals surface area contributed by atoms with Crippen LogP contribution in [0.5, 0.6) is 5.75 Å². The molecule has 1 aliphatic rings. The van der Waals surface area contributed by atoms with Crippen LogP contribution in [-0.2, 0) is 11.3 Å². The summed E-state index contributed by atoms with van der Waals surface area (Å²) >= 11 is 0. The molecule has 4 aromatic rings. The van der Waals surface area contributed by atoms with Crippen molar-refractivity contribution >= 4 is 22.6 Å². The lowest BCUT2D eigenvalue weighted by molar-refractivity contribution is -0.117. The smallest absolute Gasteiger partial charge is 0.227 e. The third-order valence-corrected chi connectivity index (χ3v) is 6.76. The van der Waals surface area contributed by atoms with Crippen LogP contribution >= 0.6 is 0 Å². The Labute approximate surface area is 201 Å². The van der Waals surface area contributed by atoms with Crippen LogP contribution in [-0.4, -0.2) is 28.6 Å². The van der Waals surface area contributed by atoms with Gasteiger partial charge in [0, 0.05) is 31.1 Å². The fourth-order valence-corrected chi connectivity index (χ4v) is 4.74. The van der Waals surface area contributed by atoms with Crippen molar-refractivity contribution in [1.82, 2.24) is 9.55 Å². The van der Waals surface area contributed by atoms with Gasteiger partial charge in [-0.25, -0.2) is 4.98 Å². The maximum atomic E-state index is 13.0. The molecule has 0 aliphatic carbocycles. The molecular formula is C29H31N3O2. The molecule has 0 saturated carbocycles. The largest absolute Gasteiger partial charge is 0.494 e. The summed E-state index contributed by atoms with van der Waals surface area (Å²) in [6.45, 7) is 6.41. The van der Waals surface area contributed by atoms with E-state index in [9.17, 15) is 4.79 Å². The van der Waals surface area contributed by atoms with Crippen LogP contribution in [0, 0.1) is 13.8 Å². The first-order valence-electron chi connectivity index (χ1n) is 12.1. The van der Waals surface area contributed by atoms with E-state index in [1.165, 1.54) is 11.1 Å². The molecule has 1 saturated heterocycles. The summed E-state index contributed by atoms with van der Waals surface area (Å²) < 4.78 is 8.18. The highest BCUT2D eigenvalue weighted by Gasteiger charge is 2.34. The number of imidazole rings is 1. The van der Waals surface area contributed by atoms with Crippen molar-refractivity contribution in [3.63, 3.8) is 0 Å². The number of anilines is 1. The van der Waals surface area contributed by atoms with E-state index < -0.39 is 0 Å². The van der Waals surface area contributed by atoms with Crippen LogP contribution in [0.1, 0.15) is 42.1 Å². The number of aromatic nitrogens is 2. The van der Waals surface area contributed by atoms with Gasteiger partial charge in [-0.1, -0.05) is 36.4 Å². The molecule has 3 aromatic carbocycles. The minimum Gasteiger partial charge on any atom is -0.494 e. The zero-order chi connectivity index (χ0) is 23.5. The Morgan fingerprint density at radius 2 is 1.74 bits per heavy atom. The number of benzene rings is 3. The zero-order valence-electron chi connectivity index (χ0n) is 19.9. The lowest BCUT2D eigenvalue weighted by Gasteiger charge is -2.18. The van der Waals surface area contributed by atoms with E-state index in [0.29, 0.717) is 19.6 Å². The Balaban J connectivity index is 1.31. The molecule has 174 valence electrons. The zero-order valence-corrected chi connectivity index (χ0v) is 19.9. The van der Waals surface area contributed by atoms with E-state index in [-0.39, 0.29) is 11.8 Å². The van der Waals surface area contributed by atoms with Crippen LogP contribution in [0.2, 0.25) is 0 Å². The third-order valence-electron chi connectivity index (χ3n) is 6.76. The Hall–Kier alpha value is -3.60.